The maximum absolute atomic E-state index is 11.1. The second-order valence-electron chi connectivity index (χ2n) is 5.15. The number of pyridine rings is 1. The van der Waals surface area contributed by atoms with Crippen LogP contribution >= 0.6 is 0 Å². The molecule has 2 aromatic heterocycles. The van der Waals surface area contributed by atoms with E-state index in [0.29, 0.717) is 11.3 Å². The molecule has 3 aromatic rings. The largest absolute Gasteiger partial charge is 0.318 e. The van der Waals surface area contributed by atoms with E-state index in [2.05, 4.69) is 20.5 Å². The minimum absolute atomic E-state index is 0.436. The molecule has 0 unspecified atom stereocenters. The summed E-state index contributed by atoms with van der Waals surface area (Å²) in [6, 6.07) is 7.37. The van der Waals surface area contributed by atoms with Crippen LogP contribution in [0.15, 0.2) is 36.7 Å². The van der Waals surface area contributed by atoms with Crippen LogP contribution in [-0.4, -0.2) is 26.9 Å². The van der Waals surface area contributed by atoms with Crippen molar-refractivity contribution in [2.75, 3.05) is 5.32 Å². The van der Waals surface area contributed by atoms with Gasteiger partial charge in [0.2, 0.25) is 0 Å². The van der Waals surface area contributed by atoms with E-state index in [1.807, 2.05) is 46.0 Å². The standard InChI is InChI=1S/C9H7NO2.C7H7N3.C2H6/c1-5-2-3-7-6(4-5)8(11)9(12)10-7;1-5-2-6-4-9-10-7(6)8-3-5;1-2/h2-4H,1H3,(H,10,11,12);2-4H,1H3,(H,8,9,10);1-2H3. The smallest absolute Gasteiger partial charge is 0.296 e. The Kier molecular flexibility index (Phi) is 5.42. The molecule has 0 bridgehead atoms. The summed E-state index contributed by atoms with van der Waals surface area (Å²) in [5.74, 6) is -0.968. The van der Waals surface area contributed by atoms with E-state index in [4.69, 9.17) is 0 Å². The number of hydrogen-bond donors (Lipinski definition) is 2. The summed E-state index contributed by atoms with van der Waals surface area (Å²) < 4.78 is 0. The lowest BCUT2D eigenvalue weighted by atomic mass is 10.1. The van der Waals surface area contributed by atoms with Crippen molar-refractivity contribution >= 4 is 28.4 Å². The van der Waals surface area contributed by atoms with Crippen molar-refractivity contribution in [3.05, 3.63) is 53.3 Å². The molecular weight excluding hydrogens is 304 g/mol. The Morgan fingerprint density at radius 1 is 0.958 bits per heavy atom. The molecule has 1 aliphatic rings. The first-order valence-electron chi connectivity index (χ1n) is 7.76. The summed E-state index contributed by atoms with van der Waals surface area (Å²) in [6.45, 7) is 7.90. The van der Waals surface area contributed by atoms with Gasteiger partial charge in [-0.3, -0.25) is 14.7 Å². The van der Waals surface area contributed by atoms with Crippen molar-refractivity contribution in [3.63, 3.8) is 0 Å². The van der Waals surface area contributed by atoms with Crippen LogP contribution in [0.25, 0.3) is 11.0 Å². The van der Waals surface area contributed by atoms with Gasteiger partial charge < -0.3 is 5.32 Å². The lowest BCUT2D eigenvalue weighted by molar-refractivity contribution is -0.112. The summed E-state index contributed by atoms with van der Waals surface area (Å²) in [7, 11) is 0. The van der Waals surface area contributed by atoms with Crippen molar-refractivity contribution in [1.29, 1.82) is 0 Å². The molecule has 2 N–H and O–H groups in total. The number of nitrogens with one attached hydrogen (secondary N) is 2. The van der Waals surface area contributed by atoms with E-state index in [9.17, 15) is 9.59 Å². The topological polar surface area (TPSA) is 87.7 Å². The molecule has 0 radical (unpaired) electrons. The molecule has 0 spiro atoms. The number of fused-ring (bicyclic) bond motifs is 2. The van der Waals surface area contributed by atoms with E-state index in [0.717, 1.165) is 22.2 Å². The molecule has 124 valence electrons. The van der Waals surface area contributed by atoms with Crippen molar-refractivity contribution < 1.29 is 9.59 Å². The number of rotatable bonds is 0. The minimum atomic E-state index is -0.532. The Labute approximate surface area is 140 Å². The Morgan fingerprint density at radius 2 is 1.71 bits per heavy atom. The zero-order valence-electron chi connectivity index (χ0n) is 14.2. The van der Waals surface area contributed by atoms with Gasteiger partial charge in [-0.1, -0.05) is 25.5 Å². The summed E-state index contributed by atoms with van der Waals surface area (Å²) in [5.41, 5.74) is 4.11. The molecule has 0 aliphatic carbocycles. The van der Waals surface area contributed by atoms with Gasteiger partial charge in [0.15, 0.2) is 5.65 Å². The molecule has 4 rings (SSSR count). The number of aromatic amines is 1. The zero-order valence-corrected chi connectivity index (χ0v) is 14.2. The molecule has 1 aromatic carbocycles. The number of anilines is 1. The third-order valence-electron chi connectivity index (χ3n) is 3.30. The Bertz CT molecular complexity index is 884. The molecule has 0 saturated heterocycles. The van der Waals surface area contributed by atoms with E-state index < -0.39 is 11.7 Å². The molecular formula is C18H20N4O2. The van der Waals surface area contributed by atoms with Crippen LogP contribution < -0.4 is 5.32 Å². The Balaban J connectivity index is 0.000000160. The highest BCUT2D eigenvalue weighted by molar-refractivity contribution is 6.51. The number of ketones is 1. The number of Topliss-reactive ketones (excluding diaryl/α,β-unsaturated/α-hetero) is 1. The van der Waals surface area contributed by atoms with Gasteiger partial charge in [0, 0.05) is 11.6 Å². The van der Waals surface area contributed by atoms with Crippen LogP contribution in [0.4, 0.5) is 5.69 Å². The molecule has 0 atom stereocenters. The number of hydrogen-bond acceptors (Lipinski definition) is 4. The SMILES string of the molecule is CC.Cc1ccc2c(c1)C(=O)C(=O)N2.Cc1cnc2[nH]ncc2c1. The molecule has 0 saturated carbocycles. The quantitative estimate of drug-likeness (QED) is 0.620. The molecule has 3 heterocycles. The van der Waals surface area contributed by atoms with Gasteiger partial charge >= 0.3 is 0 Å². The van der Waals surface area contributed by atoms with Crippen LogP contribution in [0, 0.1) is 13.8 Å². The van der Waals surface area contributed by atoms with Crippen molar-refractivity contribution in [1.82, 2.24) is 15.2 Å². The molecule has 0 fully saturated rings. The molecule has 1 amide bonds. The summed E-state index contributed by atoms with van der Waals surface area (Å²) >= 11 is 0. The summed E-state index contributed by atoms with van der Waals surface area (Å²) in [4.78, 5) is 26.1. The highest BCUT2D eigenvalue weighted by Gasteiger charge is 2.27. The van der Waals surface area contributed by atoms with Crippen LogP contribution in [0.2, 0.25) is 0 Å². The fourth-order valence-corrected chi connectivity index (χ4v) is 2.20. The van der Waals surface area contributed by atoms with E-state index in [-0.39, 0.29) is 0 Å². The van der Waals surface area contributed by atoms with Crippen LogP contribution in [0.3, 0.4) is 0 Å². The van der Waals surface area contributed by atoms with Gasteiger partial charge in [0.1, 0.15) is 0 Å². The van der Waals surface area contributed by atoms with Gasteiger partial charge in [0.05, 0.1) is 17.4 Å². The van der Waals surface area contributed by atoms with Gasteiger partial charge in [-0.2, -0.15) is 5.10 Å². The van der Waals surface area contributed by atoms with Crippen molar-refractivity contribution in [3.8, 4) is 0 Å². The first kappa shape index (κ1) is 17.3. The normalized spacial score (nSPS) is 11.8. The maximum atomic E-state index is 11.1. The lowest BCUT2D eigenvalue weighted by Gasteiger charge is -1.96. The Hall–Kier alpha value is -3.02. The number of aryl methyl sites for hydroxylation is 2. The van der Waals surface area contributed by atoms with Crippen LogP contribution in [0.1, 0.15) is 35.3 Å². The maximum Gasteiger partial charge on any atom is 0.296 e. The molecule has 6 nitrogen and oxygen atoms in total. The van der Waals surface area contributed by atoms with Gasteiger partial charge in [0.25, 0.3) is 11.7 Å². The number of aromatic nitrogens is 3. The zero-order chi connectivity index (χ0) is 17.7. The Morgan fingerprint density at radius 3 is 2.46 bits per heavy atom. The number of nitrogens with zero attached hydrogens (tertiary/aromatic N) is 2. The van der Waals surface area contributed by atoms with Gasteiger partial charge in [-0.25, -0.2) is 4.98 Å². The monoisotopic (exact) mass is 324 g/mol. The summed E-state index contributed by atoms with van der Waals surface area (Å²) in [5, 5.41) is 10.2. The van der Waals surface area contributed by atoms with E-state index in [1.165, 1.54) is 0 Å². The number of H-pyrrole nitrogens is 1. The molecule has 6 heteroatoms. The van der Waals surface area contributed by atoms with Gasteiger partial charge in [-0.05, 0) is 37.6 Å². The highest BCUT2D eigenvalue weighted by Crippen LogP contribution is 2.23. The average Bonchev–Trinajstić information content (AvgIpc) is 3.15. The fourth-order valence-electron chi connectivity index (χ4n) is 2.20. The number of carbonyl (C=O) groups excluding carboxylic acids is 2. The van der Waals surface area contributed by atoms with E-state index >= 15 is 0 Å². The number of benzene rings is 1. The molecule has 24 heavy (non-hydrogen) atoms. The number of carbonyl (C=O) groups is 2. The fraction of sp³-hybridized carbons (Fsp3) is 0.222. The third kappa shape index (κ3) is 3.65. The average molecular weight is 324 g/mol. The lowest BCUT2D eigenvalue weighted by Crippen LogP contribution is -2.12. The third-order valence-corrected chi connectivity index (χ3v) is 3.30. The molecule has 1 aliphatic heterocycles. The highest BCUT2D eigenvalue weighted by atomic mass is 16.2. The second-order valence-corrected chi connectivity index (χ2v) is 5.15. The van der Waals surface area contributed by atoms with Crippen molar-refractivity contribution in [2.24, 2.45) is 0 Å². The van der Waals surface area contributed by atoms with Crippen LogP contribution in [0.5, 0.6) is 0 Å². The van der Waals surface area contributed by atoms with Crippen LogP contribution in [-0.2, 0) is 4.79 Å². The predicted molar refractivity (Wildman–Crippen MR) is 94.1 cm³/mol. The van der Waals surface area contributed by atoms with Gasteiger partial charge in [-0.15, -0.1) is 0 Å². The minimum Gasteiger partial charge on any atom is -0.318 e. The summed E-state index contributed by atoms with van der Waals surface area (Å²) in [6.07, 6.45) is 3.59. The van der Waals surface area contributed by atoms with E-state index in [1.54, 1.807) is 18.3 Å². The second kappa shape index (κ2) is 7.50. The first-order valence-corrected chi connectivity index (χ1v) is 7.76. The predicted octanol–water partition coefficient (Wildman–Crippen LogP) is 3.42. The number of amides is 1. The van der Waals surface area contributed by atoms with Crippen molar-refractivity contribution in [2.45, 2.75) is 27.7 Å². The first-order chi connectivity index (χ1) is 11.5.